The molecule has 3 aliphatic heterocycles. The number of hydrogen-bond acceptors (Lipinski definition) is 8. The first-order chi connectivity index (χ1) is 26.4. The molecule has 2 aromatic carbocycles. The molecule has 0 N–H and O–H groups in total. The highest BCUT2D eigenvalue weighted by Crippen LogP contribution is 2.39. The molecule has 0 spiro atoms. The molecule has 5 amide bonds. The second kappa shape index (κ2) is 16.7. The van der Waals surface area contributed by atoms with Crippen molar-refractivity contribution >= 4 is 35.6 Å². The second-order valence-corrected chi connectivity index (χ2v) is 17.3. The highest BCUT2D eigenvalue weighted by Gasteiger charge is 2.34. The fraction of sp³-hybridized carbons (Fsp3) is 0.595. The number of piperazine rings is 2. The molecule has 1 saturated carbocycles. The van der Waals surface area contributed by atoms with Crippen LogP contribution in [0.15, 0.2) is 36.4 Å². The molecule has 2 aromatic rings. The van der Waals surface area contributed by atoms with Gasteiger partial charge < -0.3 is 33.8 Å². The van der Waals surface area contributed by atoms with Gasteiger partial charge in [0.25, 0.3) is 11.8 Å². The third-order valence-electron chi connectivity index (χ3n) is 10.6. The molecule has 6 rings (SSSR count). The van der Waals surface area contributed by atoms with Crippen LogP contribution < -0.4 is 9.64 Å². The normalized spacial score (nSPS) is 19.9. The van der Waals surface area contributed by atoms with Crippen molar-refractivity contribution in [3.8, 4) is 5.75 Å². The van der Waals surface area contributed by atoms with Gasteiger partial charge >= 0.3 is 12.2 Å². The van der Waals surface area contributed by atoms with E-state index in [-0.39, 0.29) is 68.0 Å². The maximum atomic E-state index is 14.9. The lowest BCUT2D eigenvalue weighted by molar-refractivity contribution is -0.121. The molecule has 1 aliphatic carbocycles. The van der Waals surface area contributed by atoms with E-state index in [1.54, 1.807) is 41.5 Å². The van der Waals surface area contributed by atoms with Gasteiger partial charge in [-0.25, -0.2) is 14.0 Å². The smallest absolute Gasteiger partial charge is 0.410 e. The Hall–Kier alpha value is -4.88. The largest absolute Gasteiger partial charge is 0.488 e. The van der Waals surface area contributed by atoms with E-state index in [1.165, 1.54) is 28.4 Å². The molecular weight excluding hydrogens is 721 g/mol. The molecular formula is C42H56FN5O8. The number of carbonyl (C=O) groups is 5. The Bertz CT molecular complexity index is 1810. The summed E-state index contributed by atoms with van der Waals surface area (Å²) in [7, 11) is 0. The Morgan fingerprint density at radius 1 is 0.661 bits per heavy atom. The van der Waals surface area contributed by atoms with Gasteiger partial charge in [0.1, 0.15) is 35.4 Å². The van der Waals surface area contributed by atoms with E-state index in [9.17, 15) is 28.4 Å². The summed E-state index contributed by atoms with van der Waals surface area (Å²) < 4.78 is 32.4. The first-order valence-electron chi connectivity index (χ1n) is 19.9. The number of carbonyl (C=O) groups excluding carboxylic acids is 5. The minimum Gasteiger partial charge on any atom is -0.488 e. The van der Waals surface area contributed by atoms with Crippen molar-refractivity contribution in [2.24, 2.45) is 0 Å². The van der Waals surface area contributed by atoms with Crippen LogP contribution in [0.2, 0.25) is 0 Å². The number of likely N-dealkylation sites (tertiary alicyclic amines) is 1. The van der Waals surface area contributed by atoms with E-state index in [0.29, 0.717) is 38.2 Å². The maximum absolute atomic E-state index is 14.9. The van der Waals surface area contributed by atoms with Crippen molar-refractivity contribution in [2.45, 2.75) is 103 Å². The molecule has 14 heteroatoms. The lowest BCUT2D eigenvalue weighted by Gasteiger charge is -2.36. The number of nitrogens with zero attached hydrogens (tertiary/aromatic N) is 5. The number of anilines is 1. The van der Waals surface area contributed by atoms with Gasteiger partial charge in [-0.2, -0.15) is 0 Å². The Morgan fingerprint density at radius 3 is 1.86 bits per heavy atom. The summed E-state index contributed by atoms with van der Waals surface area (Å²) in [6, 6.07) is 9.51. The predicted molar refractivity (Wildman–Crippen MR) is 207 cm³/mol. The standard InChI is InChI=1S/C42H56FN5O8/c1-41(2,3)55-39(52)46-15-14-33(26-46)54-35-13-12-29(24-34(35)28-10-8-7-9-11-28)37(50)44-16-18-45(19-17-44)38(51)30-22-31(43)25-32(23-30)48-21-20-47(27-36(48)49)40(53)56-42(4,5)6/h12-13,22-25,28,33H,7-11,14-21,26-27H2,1-6H3/t33-/m0/s1. The number of hydrogen-bond donors (Lipinski definition) is 0. The third kappa shape index (κ3) is 10.1. The molecule has 0 aromatic heterocycles. The van der Waals surface area contributed by atoms with Crippen molar-refractivity contribution in [2.75, 3.05) is 63.8 Å². The minimum absolute atomic E-state index is 0.103. The van der Waals surface area contributed by atoms with Gasteiger partial charge in [0, 0.05) is 69.0 Å². The first kappa shape index (κ1) is 40.8. The average molecular weight is 778 g/mol. The van der Waals surface area contributed by atoms with Gasteiger partial charge in [-0.3, -0.25) is 19.3 Å². The molecule has 1 atom stereocenters. The monoisotopic (exact) mass is 777 g/mol. The Kier molecular flexibility index (Phi) is 12.2. The quantitative estimate of drug-likeness (QED) is 0.328. The summed E-state index contributed by atoms with van der Waals surface area (Å²) in [6.07, 6.45) is 5.01. The lowest BCUT2D eigenvalue weighted by atomic mass is 9.83. The van der Waals surface area contributed by atoms with Gasteiger partial charge in [-0.05, 0) is 102 Å². The van der Waals surface area contributed by atoms with E-state index in [0.717, 1.165) is 43.1 Å². The van der Waals surface area contributed by atoms with E-state index in [4.69, 9.17) is 14.2 Å². The van der Waals surface area contributed by atoms with E-state index < -0.39 is 34.9 Å². The molecule has 3 heterocycles. The Labute approximate surface area is 329 Å². The van der Waals surface area contributed by atoms with Crippen LogP contribution in [0.3, 0.4) is 0 Å². The molecule has 56 heavy (non-hydrogen) atoms. The number of benzene rings is 2. The number of amides is 5. The average Bonchev–Trinajstić information content (AvgIpc) is 3.62. The van der Waals surface area contributed by atoms with Crippen LogP contribution in [-0.4, -0.2) is 126 Å². The van der Waals surface area contributed by atoms with Crippen molar-refractivity contribution < 1.29 is 42.6 Å². The summed E-state index contributed by atoms with van der Waals surface area (Å²) in [6.45, 7) is 13.0. The zero-order valence-electron chi connectivity index (χ0n) is 33.6. The van der Waals surface area contributed by atoms with Crippen LogP contribution in [-0.2, 0) is 14.3 Å². The zero-order valence-corrected chi connectivity index (χ0v) is 33.6. The number of halogens is 1. The summed E-state index contributed by atoms with van der Waals surface area (Å²) in [5.41, 5.74) is 0.639. The van der Waals surface area contributed by atoms with Crippen molar-refractivity contribution in [3.05, 3.63) is 58.9 Å². The fourth-order valence-electron chi connectivity index (χ4n) is 7.78. The molecule has 13 nitrogen and oxygen atoms in total. The van der Waals surface area contributed by atoms with Crippen LogP contribution in [0.4, 0.5) is 19.7 Å². The molecule has 0 bridgehead atoms. The fourth-order valence-corrected chi connectivity index (χ4v) is 7.78. The van der Waals surface area contributed by atoms with E-state index >= 15 is 0 Å². The highest BCUT2D eigenvalue weighted by molar-refractivity contribution is 6.00. The van der Waals surface area contributed by atoms with Gasteiger partial charge in [-0.1, -0.05) is 19.3 Å². The van der Waals surface area contributed by atoms with Crippen molar-refractivity contribution in [1.82, 2.24) is 19.6 Å². The predicted octanol–water partition coefficient (Wildman–Crippen LogP) is 6.44. The summed E-state index contributed by atoms with van der Waals surface area (Å²) in [4.78, 5) is 73.5. The molecule has 3 saturated heterocycles. The van der Waals surface area contributed by atoms with Crippen LogP contribution >= 0.6 is 0 Å². The molecule has 0 unspecified atom stereocenters. The summed E-state index contributed by atoms with van der Waals surface area (Å²) >= 11 is 0. The number of rotatable bonds is 6. The molecule has 0 radical (unpaired) electrons. The van der Waals surface area contributed by atoms with Gasteiger partial charge in [0.15, 0.2) is 0 Å². The van der Waals surface area contributed by atoms with Gasteiger partial charge in [-0.15, -0.1) is 0 Å². The SMILES string of the molecule is CC(C)(C)OC(=O)N1CCN(c2cc(F)cc(C(=O)N3CCN(C(=O)c4ccc(O[C@H]5CCN(C(=O)OC(C)(C)C)C5)c(C5CCCCC5)c4)CC3)c2)C(=O)C1. The Morgan fingerprint density at radius 2 is 1.25 bits per heavy atom. The van der Waals surface area contributed by atoms with E-state index in [1.807, 2.05) is 32.9 Å². The molecule has 304 valence electrons. The minimum atomic E-state index is -0.710. The van der Waals surface area contributed by atoms with Crippen molar-refractivity contribution in [1.29, 1.82) is 0 Å². The van der Waals surface area contributed by atoms with E-state index in [2.05, 4.69) is 0 Å². The third-order valence-corrected chi connectivity index (χ3v) is 10.6. The maximum Gasteiger partial charge on any atom is 0.410 e. The van der Waals surface area contributed by atoms with Crippen LogP contribution in [0.5, 0.6) is 5.75 Å². The van der Waals surface area contributed by atoms with Crippen LogP contribution in [0.1, 0.15) is 112 Å². The Balaban J connectivity index is 1.08. The second-order valence-electron chi connectivity index (χ2n) is 17.3. The van der Waals surface area contributed by atoms with Crippen LogP contribution in [0, 0.1) is 5.82 Å². The highest BCUT2D eigenvalue weighted by atomic mass is 19.1. The number of ether oxygens (including phenoxy) is 3. The molecule has 4 aliphatic rings. The van der Waals surface area contributed by atoms with Crippen molar-refractivity contribution in [3.63, 3.8) is 0 Å². The van der Waals surface area contributed by atoms with Crippen LogP contribution in [0.25, 0.3) is 0 Å². The zero-order chi connectivity index (χ0) is 40.4. The first-order valence-corrected chi connectivity index (χ1v) is 19.9. The van der Waals surface area contributed by atoms with Gasteiger partial charge in [0.2, 0.25) is 5.91 Å². The summed E-state index contributed by atoms with van der Waals surface area (Å²) in [5, 5.41) is 0. The molecule has 4 fully saturated rings. The topological polar surface area (TPSA) is 129 Å². The summed E-state index contributed by atoms with van der Waals surface area (Å²) in [5.74, 6) is -0.569. The lowest BCUT2D eigenvalue weighted by Crippen LogP contribution is -2.53. The van der Waals surface area contributed by atoms with Gasteiger partial charge in [0.05, 0.1) is 6.54 Å².